The third-order valence-electron chi connectivity index (χ3n) is 5.01. The Bertz CT molecular complexity index is 818. The van der Waals surface area contributed by atoms with Crippen molar-refractivity contribution in [2.75, 3.05) is 12.0 Å². The Hall–Kier alpha value is -2.79. The van der Waals surface area contributed by atoms with Gasteiger partial charge >= 0.3 is 5.97 Å². The number of aromatic hydroxyl groups is 1. The van der Waals surface area contributed by atoms with Crippen LogP contribution in [0.2, 0.25) is 0 Å². The molecule has 33 heavy (non-hydrogen) atoms. The molecule has 1 aromatic rings. The normalized spacial score (nSPS) is 14.6. The third-order valence-corrected chi connectivity index (χ3v) is 5.65. The van der Waals surface area contributed by atoms with Crippen molar-refractivity contribution in [3.63, 3.8) is 0 Å². The summed E-state index contributed by atoms with van der Waals surface area (Å²) in [5.74, 6) is -2.39. The maximum absolute atomic E-state index is 12.7. The largest absolute Gasteiger partial charge is 0.508 e. The monoisotopic (exact) mass is 482 g/mol. The molecule has 0 bridgehead atoms. The van der Waals surface area contributed by atoms with Gasteiger partial charge in [0.2, 0.25) is 17.7 Å². The highest BCUT2D eigenvalue weighted by atomic mass is 32.2. The highest BCUT2D eigenvalue weighted by Crippen LogP contribution is 2.11. The van der Waals surface area contributed by atoms with Gasteiger partial charge in [-0.05, 0) is 49.0 Å². The molecule has 3 amide bonds. The number of carbonyl (C=O) groups excluding carboxylic acids is 3. The van der Waals surface area contributed by atoms with Crippen molar-refractivity contribution in [1.29, 1.82) is 0 Å². The average molecular weight is 483 g/mol. The van der Waals surface area contributed by atoms with Gasteiger partial charge in [0, 0.05) is 6.42 Å². The number of rotatable bonds is 13. The molecule has 11 heteroatoms. The van der Waals surface area contributed by atoms with E-state index in [1.54, 1.807) is 26.0 Å². The zero-order valence-electron chi connectivity index (χ0n) is 19.3. The number of carboxylic acids is 1. The number of hydrogen-bond donors (Lipinski definition) is 6. The Labute approximate surface area is 198 Å². The fourth-order valence-corrected chi connectivity index (χ4v) is 3.29. The molecule has 0 heterocycles. The van der Waals surface area contributed by atoms with E-state index < -0.39 is 47.9 Å². The van der Waals surface area contributed by atoms with Crippen LogP contribution >= 0.6 is 11.8 Å². The number of nitrogens with one attached hydrogen (secondary N) is 3. The molecule has 0 aliphatic heterocycles. The maximum Gasteiger partial charge on any atom is 0.326 e. The van der Waals surface area contributed by atoms with Crippen LogP contribution in [-0.4, -0.2) is 70.1 Å². The van der Waals surface area contributed by atoms with Gasteiger partial charge in [0.1, 0.15) is 23.9 Å². The SMILES string of the molecule is CSCCC(NC(=O)C(N)C(C)C)C(=O)NC(C)C(=O)NC(Cc1ccc(O)cc1)C(=O)O. The van der Waals surface area contributed by atoms with Crippen molar-refractivity contribution >= 4 is 35.5 Å². The topological polar surface area (TPSA) is 171 Å². The van der Waals surface area contributed by atoms with Gasteiger partial charge in [-0.2, -0.15) is 11.8 Å². The highest BCUT2D eigenvalue weighted by Gasteiger charge is 2.28. The molecular formula is C22H34N4O6S. The first-order chi connectivity index (χ1) is 15.5. The molecule has 7 N–H and O–H groups in total. The predicted octanol–water partition coefficient (Wildman–Crippen LogP) is 0.230. The number of aliphatic carboxylic acids is 1. The van der Waals surface area contributed by atoms with Crippen molar-refractivity contribution in [2.45, 2.75) is 57.8 Å². The minimum atomic E-state index is -1.23. The van der Waals surface area contributed by atoms with Gasteiger partial charge < -0.3 is 31.9 Å². The Morgan fingerprint density at radius 3 is 2.03 bits per heavy atom. The van der Waals surface area contributed by atoms with Gasteiger partial charge in [-0.25, -0.2) is 4.79 Å². The van der Waals surface area contributed by atoms with E-state index in [0.717, 1.165) is 0 Å². The minimum Gasteiger partial charge on any atom is -0.508 e. The van der Waals surface area contributed by atoms with Gasteiger partial charge in [-0.15, -0.1) is 0 Å². The summed E-state index contributed by atoms with van der Waals surface area (Å²) in [6, 6.07) is 2.06. The molecule has 0 saturated heterocycles. The van der Waals surface area contributed by atoms with E-state index in [4.69, 9.17) is 5.73 Å². The molecule has 0 aliphatic carbocycles. The van der Waals surface area contributed by atoms with Crippen LogP contribution in [0.25, 0.3) is 0 Å². The van der Waals surface area contributed by atoms with Gasteiger partial charge in [0.05, 0.1) is 6.04 Å². The maximum atomic E-state index is 12.7. The number of amides is 3. The van der Waals surface area contributed by atoms with E-state index >= 15 is 0 Å². The zero-order chi connectivity index (χ0) is 25.1. The van der Waals surface area contributed by atoms with Crippen molar-refractivity contribution in [1.82, 2.24) is 16.0 Å². The quantitative estimate of drug-likeness (QED) is 0.232. The summed E-state index contributed by atoms with van der Waals surface area (Å²) in [4.78, 5) is 49.2. The molecular weight excluding hydrogens is 448 g/mol. The number of benzene rings is 1. The molecule has 0 aliphatic rings. The van der Waals surface area contributed by atoms with Crippen molar-refractivity contribution in [3.05, 3.63) is 29.8 Å². The van der Waals surface area contributed by atoms with Crippen LogP contribution in [0.5, 0.6) is 5.75 Å². The lowest BCUT2D eigenvalue weighted by Gasteiger charge is -2.24. The number of nitrogens with two attached hydrogens (primary N) is 1. The van der Waals surface area contributed by atoms with Crippen molar-refractivity contribution < 1.29 is 29.4 Å². The molecule has 0 spiro atoms. The molecule has 10 nitrogen and oxygen atoms in total. The molecule has 1 aromatic carbocycles. The molecule has 0 aromatic heterocycles. The predicted molar refractivity (Wildman–Crippen MR) is 127 cm³/mol. The van der Waals surface area contributed by atoms with Crippen molar-refractivity contribution in [3.8, 4) is 5.75 Å². The molecule has 184 valence electrons. The van der Waals surface area contributed by atoms with E-state index in [1.807, 2.05) is 6.26 Å². The number of phenols is 1. The third kappa shape index (κ3) is 9.70. The number of phenolic OH excluding ortho intramolecular Hbond substituents is 1. The number of hydrogen-bond acceptors (Lipinski definition) is 7. The van der Waals surface area contributed by atoms with Crippen molar-refractivity contribution in [2.24, 2.45) is 11.7 Å². The molecule has 4 unspecified atom stereocenters. The summed E-state index contributed by atoms with van der Waals surface area (Å²) in [6.07, 6.45) is 2.21. The number of thioether (sulfide) groups is 1. The lowest BCUT2D eigenvalue weighted by atomic mass is 10.0. The second kappa shape index (κ2) is 13.7. The van der Waals surface area contributed by atoms with E-state index in [-0.39, 0.29) is 18.1 Å². The van der Waals surface area contributed by atoms with Crippen LogP contribution in [0.3, 0.4) is 0 Å². The van der Waals surface area contributed by atoms with Gasteiger partial charge in [-0.3, -0.25) is 14.4 Å². The summed E-state index contributed by atoms with van der Waals surface area (Å²) in [7, 11) is 0. The number of carboxylic acid groups (broad SMARTS) is 1. The zero-order valence-corrected chi connectivity index (χ0v) is 20.1. The summed E-state index contributed by atoms with van der Waals surface area (Å²) in [5.41, 5.74) is 6.47. The average Bonchev–Trinajstić information content (AvgIpc) is 2.76. The lowest BCUT2D eigenvalue weighted by molar-refractivity contribution is -0.142. The van der Waals surface area contributed by atoms with Crippen LogP contribution in [0, 0.1) is 5.92 Å². The van der Waals surface area contributed by atoms with Crippen LogP contribution in [0.15, 0.2) is 24.3 Å². The standard InChI is InChI=1S/C22H34N4O6S/c1-12(2)18(23)21(30)25-16(9-10-33-4)20(29)24-13(3)19(28)26-17(22(31)32)11-14-5-7-15(27)8-6-14/h5-8,12-13,16-18,27H,9-11,23H2,1-4H3,(H,24,29)(H,25,30)(H,26,28)(H,31,32). The second-order valence-electron chi connectivity index (χ2n) is 8.11. The van der Waals surface area contributed by atoms with E-state index in [9.17, 15) is 29.4 Å². The molecule has 0 radical (unpaired) electrons. The van der Waals surface area contributed by atoms with Gasteiger partial charge in [0.15, 0.2) is 0 Å². The van der Waals surface area contributed by atoms with E-state index in [1.165, 1.54) is 30.8 Å². The van der Waals surface area contributed by atoms with Crippen LogP contribution in [0.4, 0.5) is 0 Å². The Morgan fingerprint density at radius 1 is 0.939 bits per heavy atom. The van der Waals surface area contributed by atoms with Crippen LogP contribution in [-0.2, 0) is 25.6 Å². The first-order valence-electron chi connectivity index (χ1n) is 10.6. The van der Waals surface area contributed by atoms with E-state index in [2.05, 4.69) is 16.0 Å². The Kier molecular flexibility index (Phi) is 11.7. The van der Waals surface area contributed by atoms with Crippen LogP contribution in [0.1, 0.15) is 32.8 Å². The summed E-state index contributed by atoms with van der Waals surface area (Å²) in [5, 5.41) is 26.4. The summed E-state index contributed by atoms with van der Waals surface area (Å²) in [6.45, 7) is 5.02. The minimum absolute atomic E-state index is 0.00150. The number of carbonyl (C=O) groups is 4. The van der Waals surface area contributed by atoms with Gasteiger partial charge in [-0.1, -0.05) is 26.0 Å². The highest BCUT2D eigenvalue weighted by molar-refractivity contribution is 7.98. The molecule has 4 atom stereocenters. The fourth-order valence-electron chi connectivity index (χ4n) is 2.82. The van der Waals surface area contributed by atoms with Crippen LogP contribution < -0.4 is 21.7 Å². The summed E-state index contributed by atoms with van der Waals surface area (Å²) < 4.78 is 0. The summed E-state index contributed by atoms with van der Waals surface area (Å²) >= 11 is 1.50. The molecule has 1 rings (SSSR count). The molecule has 0 saturated carbocycles. The molecule has 0 fully saturated rings. The Balaban J connectivity index is 2.78. The van der Waals surface area contributed by atoms with Gasteiger partial charge in [0.25, 0.3) is 0 Å². The second-order valence-corrected chi connectivity index (χ2v) is 9.10. The fraction of sp³-hybridized carbons (Fsp3) is 0.545. The first-order valence-corrected chi connectivity index (χ1v) is 12.0. The van der Waals surface area contributed by atoms with E-state index in [0.29, 0.717) is 17.7 Å². The smallest absolute Gasteiger partial charge is 0.326 e. The first kappa shape index (κ1) is 28.2. The Morgan fingerprint density at radius 2 is 1.52 bits per heavy atom. The lowest BCUT2D eigenvalue weighted by Crippen LogP contribution is -2.57.